The lowest BCUT2D eigenvalue weighted by Gasteiger charge is -2.21. The molecule has 4 rings (SSSR count). The molecule has 1 saturated carbocycles. The van der Waals surface area contributed by atoms with Crippen molar-refractivity contribution >= 4 is 17.6 Å². The van der Waals surface area contributed by atoms with E-state index in [2.05, 4.69) is 5.32 Å². The molecular formula is C32H35F4N3O5. The maximum absolute atomic E-state index is 15.2. The van der Waals surface area contributed by atoms with Crippen molar-refractivity contribution in [3.8, 4) is 11.4 Å². The predicted molar refractivity (Wildman–Crippen MR) is 156 cm³/mol. The van der Waals surface area contributed by atoms with Crippen LogP contribution in [0.25, 0.3) is 5.69 Å². The second-order valence-electron chi connectivity index (χ2n) is 11.2. The topological polar surface area (TPSA) is 113 Å². The van der Waals surface area contributed by atoms with E-state index in [1.54, 1.807) is 0 Å². The van der Waals surface area contributed by atoms with E-state index in [-0.39, 0.29) is 30.3 Å². The fourth-order valence-corrected chi connectivity index (χ4v) is 5.16. The van der Waals surface area contributed by atoms with E-state index in [0.29, 0.717) is 30.0 Å². The van der Waals surface area contributed by atoms with E-state index in [9.17, 15) is 23.2 Å². The van der Waals surface area contributed by atoms with E-state index >= 15 is 8.78 Å². The molecule has 0 radical (unpaired) electrons. The molecule has 1 atom stereocenters. The zero-order valence-electron chi connectivity index (χ0n) is 24.5. The molecule has 0 saturated heterocycles. The Labute approximate surface area is 252 Å². The number of hydrogen-bond acceptors (Lipinski definition) is 7. The Morgan fingerprint density at radius 1 is 0.977 bits per heavy atom. The minimum atomic E-state index is -1.20. The first-order chi connectivity index (χ1) is 21.0. The van der Waals surface area contributed by atoms with Crippen molar-refractivity contribution in [1.29, 1.82) is 0 Å². The molecule has 0 unspecified atom stereocenters. The van der Waals surface area contributed by atoms with Crippen molar-refractivity contribution in [2.45, 2.75) is 64.5 Å². The number of benzene rings is 2. The van der Waals surface area contributed by atoms with Gasteiger partial charge in [0.15, 0.2) is 17.4 Å². The summed E-state index contributed by atoms with van der Waals surface area (Å²) < 4.78 is 69.5. The van der Waals surface area contributed by atoms with E-state index in [1.165, 1.54) is 0 Å². The summed E-state index contributed by atoms with van der Waals surface area (Å²) in [6.07, 6.45) is 4.82. The molecule has 0 amide bonds. The number of aromatic nitrogens is 1. The van der Waals surface area contributed by atoms with E-state index < -0.39 is 63.3 Å². The van der Waals surface area contributed by atoms with E-state index in [1.807, 2.05) is 13.8 Å². The van der Waals surface area contributed by atoms with Gasteiger partial charge in [-0.1, -0.05) is 13.8 Å². The minimum absolute atomic E-state index is 0.0398. The number of carbonyl (C=O) groups excluding carboxylic acids is 2. The van der Waals surface area contributed by atoms with Crippen molar-refractivity contribution in [2.75, 3.05) is 18.9 Å². The number of esters is 1. The van der Waals surface area contributed by atoms with Crippen LogP contribution in [0.3, 0.4) is 0 Å². The van der Waals surface area contributed by atoms with Gasteiger partial charge in [0.05, 0.1) is 17.7 Å². The molecule has 44 heavy (non-hydrogen) atoms. The number of rotatable bonds is 13. The first-order valence-corrected chi connectivity index (χ1v) is 14.5. The van der Waals surface area contributed by atoms with Gasteiger partial charge in [-0.05, 0) is 69.2 Å². The summed E-state index contributed by atoms with van der Waals surface area (Å²) >= 11 is 0. The number of nitrogens with two attached hydrogens (primary N) is 1. The normalized spacial score (nSPS) is 14.2. The number of pyridine rings is 1. The maximum atomic E-state index is 15.2. The molecule has 0 bridgehead atoms. The highest BCUT2D eigenvalue weighted by Gasteiger charge is 2.26. The number of hydrogen-bond donors (Lipinski definition) is 2. The average Bonchev–Trinajstić information content (AvgIpc) is 3.46. The molecule has 1 fully saturated rings. The molecule has 1 aliphatic rings. The number of anilines is 1. The van der Waals surface area contributed by atoms with Crippen LogP contribution < -0.4 is 21.3 Å². The molecule has 1 aromatic heterocycles. The number of nitrogens with zero attached hydrogens (tertiary/aromatic N) is 1. The monoisotopic (exact) mass is 617 g/mol. The lowest BCUT2D eigenvalue weighted by atomic mass is 10.0. The van der Waals surface area contributed by atoms with Gasteiger partial charge in [-0.15, -0.1) is 0 Å². The SMILES string of the molecule is CC(C)C[C@H](NCCCOc1cc(F)c(-n2c(N)c(C(=O)c3ccc(F)cc3F)ccc2=O)c(F)c1)C(=O)OC1CCCC1. The lowest BCUT2D eigenvalue weighted by molar-refractivity contribution is -0.151. The third-order valence-electron chi connectivity index (χ3n) is 7.32. The van der Waals surface area contributed by atoms with Crippen molar-refractivity contribution in [1.82, 2.24) is 9.88 Å². The third kappa shape index (κ3) is 7.85. The van der Waals surface area contributed by atoms with Gasteiger partial charge in [0.25, 0.3) is 5.56 Å². The molecule has 0 aliphatic heterocycles. The van der Waals surface area contributed by atoms with Gasteiger partial charge in [0.1, 0.15) is 41.0 Å². The molecule has 1 heterocycles. The van der Waals surface area contributed by atoms with Crippen molar-refractivity contribution in [3.05, 3.63) is 87.2 Å². The number of carbonyl (C=O) groups is 2. The average molecular weight is 618 g/mol. The number of ether oxygens (including phenoxy) is 2. The fourth-order valence-electron chi connectivity index (χ4n) is 5.16. The third-order valence-corrected chi connectivity index (χ3v) is 7.32. The molecule has 0 spiro atoms. The van der Waals surface area contributed by atoms with Crippen LogP contribution >= 0.6 is 0 Å². The van der Waals surface area contributed by atoms with Gasteiger partial charge in [0, 0.05) is 24.3 Å². The van der Waals surface area contributed by atoms with Gasteiger partial charge < -0.3 is 20.5 Å². The Bertz CT molecular complexity index is 1550. The van der Waals surface area contributed by atoms with Crippen molar-refractivity contribution in [2.24, 2.45) is 5.92 Å². The van der Waals surface area contributed by atoms with Gasteiger partial charge in [0.2, 0.25) is 0 Å². The van der Waals surface area contributed by atoms with Crippen molar-refractivity contribution in [3.63, 3.8) is 0 Å². The van der Waals surface area contributed by atoms with Gasteiger partial charge in [-0.3, -0.25) is 19.0 Å². The van der Waals surface area contributed by atoms with Crippen LogP contribution in [0.5, 0.6) is 5.75 Å². The Morgan fingerprint density at radius 3 is 2.27 bits per heavy atom. The van der Waals surface area contributed by atoms with Crippen LogP contribution in [-0.2, 0) is 9.53 Å². The number of nitrogens with one attached hydrogen (secondary N) is 1. The summed E-state index contributed by atoms with van der Waals surface area (Å²) in [6, 6.07) is 5.39. The van der Waals surface area contributed by atoms with E-state index in [0.717, 1.165) is 62.1 Å². The van der Waals surface area contributed by atoms with Crippen LogP contribution in [0.15, 0.2) is 47.3 Å². The smallest absolute Gasteiger partial charge is 0.323 e. The second-order valence-corrected chi connectivity index (χ2v) is 11.2. The van der Waals surface area contributed by atoms with Crippen LogP contribution in [-0.4, -0.2) is 41.6 Å². The number of halogens is 4. The highest BCUT2D eigenvalue weighted by atomic mass is 19.1. The Balaban J connectivity index is 1.42. The Morgan fingerprint density at radius 2 is 1.64 bits per heavy atom. The molecule has 2 aromatic carbocycles. The summed E-state index contributed by atoms with van der Waals surface area (Å²) in [7, 11) is 0. The molecule has 12 heteroatoms. The summed E-state index contributed by atoms with van der Waals surface area (Å²) in [5.74, 6) is -6.29. The van der Waals surface area contributed by atoms with Gasteiger partial charge in [-0.2, -0.15) is 0 Å². The standard InChI is InChI=1S/C32H35F4N3O5/c1-18(2)14-27(32(42)44-20-6-3-4-7-20)38-12-5-13-43-21-16-25(35)29(26(36)17-21)39-28(40)11-10-23(31(39)37)30(41)22-9-8-19(33)15-24(22)34/h8-11,15-18,20,27,38H,3-7,12-14,37H2,1-2H3/t27-/m0/s1. The molecule has 3 N–H and O–H groups in total. The lowest BCUT2D eigenvalue weighted by Crippen LogP contribution is -2.41. The van der Waals surface area contributed by atoms with Gasteiger partial charge >= 0.3 is 5.97 Å². The van der Waals surface area contributed by atoms with E-state index in [4.69, 9.17) is 15.2 Å². The minimum Gasteiger partial charge on any atom is -0.493 e. The molecular weight excluding hydrogens is 582 g/mol. The molecule has 1 aliphatic carbocycles. The van der Waals surface area contributed by atoms with Crippen LogP contribution in [0.4, 0.5) is 23.4 Å². The van der Waals surface area contributed by atoms with Crippen LogP contribution in [0, 0.1) is 29.2 Å². The summed E-state index contributed by atoms with van der Waals surface area (Å²) in [6.45, 7) is 4.47. The zero-order chi connectivity index (χ0) is 32.0. The highest BCUT2D eigenvalue weighted by molar-refractivity contribution is 6.11. The summed E-state index contributed by atoms with van der Waals surface area (Å²) in [5.41, 5.74) is 3.24. The molecule has 236 valence electrons. The Hall–Kier alpha value is -4.19. The zero-order valence-corrected chi connectivity index (χ0v) is 24.5. The van der Waals surface area contributed by atoms with Crippen LogP contribution in [0.2, 0.25) is 0 Å². The largest absolute Gasteiger partial charge is 0.493 e. The highest BCUT2D eigenvalue weighted by Crippen LogP contribution is 2.27. The quantitative estimate of drug-likeness (QED) is 0.113. The summed E-state index contributed by atoms with van der Waals surface area (Å²) in [5, 5.41) is 3.19. The maximum Gasteiger partial charge on any atom is 0.323 e. The first-order valence-electron chi connectivity index (χ1n) is 14.5. The summed E-state index contributed by atoms with van der Waals surface area (Å²) in [4.78, 5) is 38.2. The molecule has 8 nitrogen and oxygen atoms in total. The predicted octanol–water partition coefficient (Wildman–Crippen LogP) is 5.47. The fraction of sp³-hybridized carbons (Fsp3) is 0.406. The molecule has 3 aromatic rings. The van der Waals surface area contributed by atoms with Crippen LogP contribution in [0.1, 0.15) is 68.3 Å². The number of nitrogen functional groups attached to an aromatic ring is 1. The number of ketones is 1. The second kappa shape index (κ2) is 14.5. The van der Waals surface area contributed by atoms with Crippen molar-refractivity contribution < 1.29 is 36.6 Å². The van der Waals surface area contributed by atoms with Gasteiger partial charge in [-0.25, -0.2) is 17.6 Å². The Kier molecular flexibility index (Phi) is 10.8. The first kappa shape index (κ1) is 32.7.